The number of fused-ring (bicyclic) bond motifs is 2. The minimum atomic E-state index is 0.389. The lowest BCUT2D eigenvalue weighted by molar-refractivity contribution is 0.300. The van der Waals surface area contributed by atoms with E-state index in [0.29, 0.717) is 18.0 Å². The molecule has 0 radical (unpaired) electrons. The molecule has 6 nitrogen and oxygen atoms in total. The first-order valence-corrected chi connectivity index (χ1v) is 17.6. The predicted octanol–water partition coefficient (Wildman–Crippen LogP) is 9.43. The zero-order valence-electron chi connectivity index (χ0n) is 28.7. The van der Waals surface area contributed by atoms with Crippen LogP contribution in [0.15, 0.2) is 102 Å². The predicted molar refractivity (Wildman–Crippen MR) is 203 cm³/mol. The molecule has 48 heavy (non-hydrogen) atoms. The Balaban J connectivity index is 1.05. The molecule has 2 aliphatic heterocycles. The monoisotopic (exact) mass is 636 g/mol. The van der Waals surface area contributed by atoms with E-state index >= 15 is 0 Å². The SMILES string of the molecule is C=N/C=C(\NC[C@@H]1CCCN1C(=C)CC(C)C)c1ccc(-c2ccc3cc(-c4ccc5[nH]c(C6CCCN6C)nc5c4)ccc3c2)cc1. The van der Waals surface area contributed by atoms with Crippen LogP contribution in [0.1, 0.15) is 63.4 Å². The average molecular weight is 637 g/mol. The number of hydrogen-bond donors (Lipinski definition) is 2. The molecule has 0 amide bonds. The summed E-state index contributed by atoms with van der Waals surface area (Å²) in [5.41, 5.74) is 10.3. The maximum absolute atomic E-state index is 4.99. The first kappa shape index (κ1) is 31.9. The van der Waals surface area contributed by atoms with Crippen molar-refractivity contribution in [3.63, 3.8) is 0 Å². The van der Waals surface area contributed by atoms with E-state index in [1.807, 2.05) is 6.20 Å². The Hall–Kier alpha value is -4.68. The fourth-order valence-corrected chi connectivity index (χ4v) is 7.66. The van der Waals surface area contributed by atoms with Crippen LogP contribution in [0.25, 0.3) is 49.8 Å². The summed E-state index contributed by atoms with van der Waals surface area (Å²) in [6.45, 7) is 15.7. The zero-order valence-corrected chi connectivity index (χ0v) is 28.7. The highest BCUT2D eigenvalue weighted by atomic mass is 15.2. The van der Waals surface area contributed by atoms with Crippen molar-refractivity contribution in [3.05, 3.63) is 109 Å². The smallest absolute Gasteiger partial charge is 0.124 e. The van der Waals surface area contributed by atoms with E-state index in [2.05, 4.69) is 138 Å². The fourth-order valence-electron chi connectivity index (χ4n) is 7.66. The van der Waals surface area contributed by atoms with Gasteiger partial charge in [0.1, 0.15) is 5.82 Å². The first-order valence-electron chi connectivity index (χ1n) is 17.6. The van der Waals surface area contributed by atoms with Gasteiger partial charge in [-0.1, -0.05) is 75.0 Å². The second-order valence-electron chi connectivity index (χ2n) is 14.1. The maximum atomic E-state index is 4.99. The van der Waals surface area contributed by atoms with Crippen molar-refractivity contribution in [3.8, 4) is 22.3 Å². The molecule has 0 spiro atoms. The molecule has 2 N–H and O–H groups in total. The van der Waals surface area contributed by atoms with Gasteiger partial charge in [-0.3, -0.25) is 9.89 Å². The van der Waals surface area contributed by atoms with E-state index in [1.54, 1.807) is 0 Å². The minimum absolute atomic E-state index is 0.389. The average Bonchev–Trinajstić information content (AvgIpc) is 3.85. The summed E-state index contributed by atoms with van der Waals surface area (Å²) in [6.07, 6.45) is 7.67. The van der Waals surface area contributed by atoms with Gasteiger partial charge in [0, 0.05) is 31.0 Å². The molecule has 2 fully saturated rings. The van der Waals surface area contributed by atoms with Crippen LogP contribution >= 0.6 is 0 Å². The van der Waals surface area contributed by atoms with E-state index in [-0.39, 0.29) is 0 Å². The Morgan fingerprint density at radius 1 is 0.917 bits per heavy atom. The van der Waals surface area contributed by atoms with Crippen molar-refractivity contribution in [2.24, 2.45) is 10.9 Å². The second-order valence-corrected chi connectivity index (χ2v) is 14.1. The molecule has 1 aromatic heterocycles. The molecule has 5 aromatic rings. The quantitative estimate of drug-likeness (QED) is 0.142. The Morgan fingerprint density at radius 2 is 1.58 bits per heavy atom. The number of benzene rings is 4. The van der Waals surface area contributed by atoms with E-state index in [1.165, 1.54) is 58.0 Å². The fraction of sp³-hybridized carbons (Fsp3) is 0.333. The van der Waals surface area contributed by atoms with Gasteiger partial charge >= 0.3 is 0 Å². The number of aromatic nitrogens is 2. The number of allylic oxidation sites excluding steroid dienone is 1. The molecule has 3 heterocycles. The number of H-pyrrole nitrogens is 1. The maximum Gasteiger partial charge on any atom is 0.124 e. The Morgan fingerprint density at radius 3 is 2.27 bits per heavy atom. The number of nitrogens with one attached hydrogen (secondary N) is 2. The molecule has 0 aliphatic carbocycles. The number of aromatic amines is 1. The summed E-state index contributed by atoms with van der Waals surface area (Å²) in [7, 11) is 2.19. The van der Waals surface area contributed by atoms with E-state index in [0.717, 1.165) is 60.6 Å². The molecule has 7 rings (SSSR count). The Bertz CT molecular complexity index is 1970. The summed E-state index contributed by atoms with van der Waals surface area (Å²) in [5.74, 6) is 1.70. The van der Waals surface area contributed by atoms with E-state index in [9.17, 15) is 0 Å². The molecule has 2 saturated heterocycles. The topological polar surface area (TPSA) is 59.6 Å². The molecular weight excluding hydrogens is 589 g/mol. The Labute approximate surface area is 285 Å². The highest BCUT2D eigenvalue weighted by Gasteiger charge is 2.26. The molecular formula is C42H48N6. The van der Waals surface area contributed by atoms with Crippen LogP contribution in [0.4, 0.5) is 0 Å². The second kappa shape index (κ2) is 13.8. The van der Waals surface area contributed by atoms with Crippen molar-refractivity contribution >= 4 is 34.2 Å². The standard InChI is InChI=1S/C42H48N6/c1-28(2)22-29(3)48-21-6-8-37(48)26-44-40(27-43-4)31-12-10-30(11-13-31)32-14-15-34-24-35(17-16-33(34)23-32)36-18-19-38-39(25-36)46-42(45-38)41-9-7-20-47(41)5/h10-19,23-25,27-28,37,41,44H,3-4,6-9,20-22,26H2,1-2,5H3,(H,45,46)/b40-27-/t37-,41?/m0/s1. The van der Waals surface area contributed by atoms with Gasteiger partial charge in [0.15, 0.2) is 0 Å². The summed E-state index contributed by atoms with van der Waals surface area (Å²) in [6, 6.07) is 29.7. The van der Waals surface area contributed by atoms with Crippen molar-refractivity contribution in [1.29, 1.82) is 0 Å². The van der Waals surface area contributed by atoms with Gasteiger partial charge in [-0.15, -0.1) is 0 Å². The summed E-state index contributed by atoms with van der Waals surface area (Å²) in [4.78, 5) is 17.6. The number of nitrogens with zero attached hydrogens (tertiary/aromatic N) is 4. The summed E-state index contributed by atoms with van der Waals surface area (Å²) < 4.78 is 0. The molecule has 1 unspecified atom stereocenters. The molecule has 6 heteroatoms. The lowest BCUT2D eigenvalue weighted by Gasteiger charge is -2.30. The third-order valence-corrected chi connectivity index (χ3v) is 10.2. The number of hydrogen-bond acceptors (Lipinski definition) is 5. The zero-order chi connectivity index (χ0) is 33.2. The van der Waals surface area contributed by atoms with Crippen LogP contribution in [0.2, 0.25) is 0 Å². The molecule has 2 aliphatic rings. The van der Waals surface area contributed by atoms with Gasteiger partial charge in [0.05, 0.1) is 22.8 Å². The molecule has 2 atom stereocenters. The van der Waals surface area contributed by atoms with Crippen molar-refractivity contribution in [2.75, 3.05) is 26.7 Å². The van der Waals surface area contributed by atoms with E-state index in [4.69, 9.17) is 4.98 Å². The minimum Gasteiger partial charge on any atom is -0.381 e. The van der Waals surface area contributed by atoms with Crippen LogP contribution in [0.5, 0.6) is 0 Å². The van der Waals surface area contributed by atoms with Gasteiger partial charge in [-0.2, -0.15) is 0 Å². The normalized spacial score (nSPS) is 18.8. The van der Waals surface area contributed by atoms with Crippen molar-refractivity contribution in [2.45, 2.75) is 58.0 Å². The van der Waals surface area contributed by atoms with Gasteiger partial charge in [-0.25, -0.2) is 4.98 Å². The van der Waals surface area contributed by atoms with Gasteiger partial charge in [0.2, 0.25) is 0 Å². The van der Waals surface area contributed by atoms with E-state index < -0.39 is 0 Å². The molecule has 0 saturated carbocycles. The number of aliphatic imine (C=N–C) groups is 1. The summed E-state index contributed by atoms with van der Waals surface area (Å²) >= 11 is 0. The van der Waals surface area contributed by atoms with Crippen LogP contribution in [-0.2, 0) is 0 Å². The molecule has 0 bridgehead atoms. The van der Waals surface area contributed by atoms with Crippen LogP contribution in [-0.4, -0.2) is 59.2 Å². The third-order valence-electron chi connectivity index (χ3n) is 10.2. The van der Waals surface area contributed by atoms with Crippen LogP contribution in [0, 0.1) is 5.92 Å². The highest BCUT2D eigenvalue weighted by Crippen LogP contribution is 2.33. The van der Waals surface area contributed by atoms with Gasteiger partial charge in [0.25, 0.3) is 0 Å². The van der Waals surface area contributed by atoms with Gasteiger partial charge in [-0.05, 0) is 121 Å². The third kappa shape index (κ3) is 6.67. The molecule has 4 aromatic carbocycles. The van der Waals surface area contributed by atoms with Crippen LogP contribution < -0.4 is 5.32 Å². The lowest BCUT2D eigenvalue weighted by Crippen LogP contribution is -2.37. The lowest BCUT2D eigenvalue weighted by atomic mass is 9.97. The Kier molecular flexibility index (Phi) is 9.18. The highest BCUT2D eigenvalue weighted by molar-refractivity contribution is 5.92. The first-order chi connectivity index (χ1) is 23.4. The van der Waals surface area contributed by atoms with Crippen LogP contribution in [0.3, 0.4) is 0 Å². The number of imidazole rings is 1. The molecule has 246 valence electrons. The van der Waals surface area contributed by atoms with Crippen molar-refractivity contribution < 1.29 is 0 Å². The number of rotatable bonds is 11. The van der Waals surface area contributed by atoms with Crippen molar-refractivity contribution in [1.82, 2.24) is 25.1 Å². The largest absolute Gasteiger partial charge is 0.381 e. The summed E-state index contributed by atoms with van der Waals surface area (Å²) in [5, 5.41) is 6.14. The number of likely N-dealkylation sites (tertiary alicyclic amines) is 2. The van der Waals surface area contributed by atoms with Gasteiger partial charge < -0.3 is 15.2 Å².